The SMILES string of the molecule is COC(=O)C1Cc2ccccc2CN1.NCc1ccc(C=CC(N)=O)cc1. The Morgan fingerprint density at radius 2 is 1.81 bits per heavy atom. The number of hydrogen-bond acceptors (Lipinski definition) is 5. The summed E-state index contributed by atoms with van der Waals surface area (Å²) in [5, 5.41) is 3.15. The van der Waals surface area contributed by atoms with Crippen LogP contribution in [-0.4, -0.2) is 25.0 Å². The second kappa shape index (κ2) is 10.3. The summed E-state index contributed by atoms with van der Waals surface area (Å²) in [7, 11) is 1.42. The Labute approximate surface area is 159 Å². The van der Waals surface area contributed by atoms with Crippen molar-refractivity contribution < 1.29 is 14.3 Å². The quantitative estimate of drug-likeness (QED) is 0.561. The molecule has 1 aliphatic heterocycles. The van der Waals surface area contributed by atoms with E-state index in [1.54, 1.807) is 6.08 Å². The van der Waals surface area contributed by atoms with Gasteiger partial charge < -0.3 is 21.5 Å². The van der Waals surface area contributed by atoms with Gasteiger partial charge in [0, 0.05) is 19.2 Å². The van der Waals surface area contributed by atoms with Crippen molar-refractivity contribution in [3.8, 4) is 0 Å². The van der Waals surface area contributed by atoms with Crippen molar-refractivity contribution in [1.29, 1.82) is 0 Å². The van der Waals surface area contributed by atoms with Crippen LogP contribution in [0.3, 0.4) is 0 Å². The highest BCUT2D eigenvalue weighted by molar-refractivity contribution is 5.90. The van der Waals surface area contributed by atoms with Crippen LogP contribution in [0.1, 0.15) is 22.3 Å². The number of esters is 1. The highest BCUT2D eigenvalue weighted by Crippen LogP contribution is 2.16. The van der Waals surface area contributed by atoms with Gasteiger partial charge in [0.1, 0.15) is 6.04 Å². The van der Waals surface area contributed by atoms with Gasteiger partial charge in [0.25, 0.3) is 0 Å². The number of carbonyl (C=O) groups is 2. The molecule has 2 aromatic rings. The van der Waals surface area contributed by atoms with Crippen molar-refractivity contribution in [3.05, 3.63) is 76.9 Å². The number of methoxy groups -OCH3 is 1. The zero-order valence-electron chi connectivity index (χ0n) is 15.4. The van der Waals surface area contributed by atoms with E-state index < -0.39 is 5.91 Å². The summed E-state index contributed by atoms with van der Waals surface area (Å²) >= 11 is 0. The van der Waals surface area contributed by atoms with Crippen LogP contribution in [0.5, 0.6) is 0 Å². The first-order valence-electron chi connectivity index (χ1n) is 8.68. The molecule has 0 fully saturated rings. The molecule has 5 N–H and O–H groups in total. The van der Waals surface area contributed by atoms with Crippen molar-refractivity contribution >= 4 is 18.0 Å². The van der Waals surface area contributed by atoms with E-state index in [1.807, 2.05) is 36.4 Å². The molecule has 0 aliphatic carbocycles. The smallest absolute Gasteiger partial charge is 0.323 e. The molecule has 6 nitrogen and oxygen atoms in total. The summed E-state index contributed by atoms with van der Waals surface area (Å²) in [5.41, 5.74) is 14.9. The van der Waals surface area contributed by atoms with Gasteiger partial charge in [-0.25, -0.2) is 0 Å². The third-order valence-electron chi connectivity index (χ3n) is 4.22. The molecule has 1 aliphatic rings. The number of ether oxygens (including phenoxy) is 1. The molecule has 2 aromatic carbocycles. The fraction of sp³-hybridized carbons (Fsp3) is 0.238. The van der Waals surface area contributed by atoms with Gasteiger partial charge >= 0.3 is 5.97 Å². The lowest BCUT2D eigenvalue weighted by atomic mass is 9.96. The molecule has 0 aromatic heterocycles. The topological polar surface area (TPSA) is 107 Å². The molecule has 1 amide bonds. The molecular formula is C21H25N3O3. The van der Waals surface area contributed by atoms with Crippen LogP contribution in [-0.2, 0) is 33.8 Å². The minimum atomic E-state index is -0.442. The summed E-state index contributed by atoms with van der Waals surface area (Å²) in [4.78, 5) is 21.7. The van der Waals surface area contributed by atoms with E-state index >= 15 is 0 Å². The van der Waals surface area contributed by atoms with E-state index in [0.29, 0.717) is 6.54 Å². The number of rotatable bonds is 4. The Morgan fingerprint density at radius 3 is 2.41 bits per heavy atom. The fourth-order valence-corrected chi connectivity index (χ4v) is 2.71. The van der Waals surface area contributed by atoms with Crippen molar-refractivity contribution in [2.45, 2.75) is 25.6 Å². The lowest BCUT2D eigenvalue weighted by Gasteiger charge is -2.23. The third kappa shape index (κ3) is 6.36. The van der Waals surface area contributed by atoms with Crippen LogP contribution in [0.25, 0.3) is 6.08 Å². The number of primary amides is 1. The number of nitrogens with two attached hydrogens (primary N) is 2. The van der Waals surface area contributed by atoms with Crippen LogP contribution >= 0.6 is 0 Å². The van der Waals surface area contributed by atoms with Crippen LogP contribution in [0, 0.1) is 0 Å². The first-order chi connectivity index (χ1) is 13.0. The molecular weight excluding hydrogens is 342 g/mol. The molecule has 1 unspecified atom stereocenters. The van der Waals surface area contributed by atoms with Crippen molar-refractivity contribution in [1.82, 2.24) is 5.32 Å². The number of nitrogens with one attached hydrogen (secondary N) is 1. The van der Waals surface area contributed by atoms with Crippen LogP contribution in [0.2, 0.25) is 0 Å². The number of fused-ring (bicyclic) bond motifs is 1. The molecule has 0 bridgehead atoms. The molecule has 0 saturated carbocycles. The summed E-state index contributed by atoms with van der Waals surface area (Å²) in [6.07, 6.45) is 3.73. The van der Waals surface area contributed by atoms with Gasteiger partial charge in [0.2, 0.25) is 5.91 Å². The molecule has 1 heterocycles. The highest BCUT2D eigenvalue weighted by Gasteiger charge is 2.23. The zero-order valence-corrected chi connectivity index (χ0v) is 15.4. The third-order valence-corrected chi connectivity index (χ3v) is 4.22. The number of amides is 1. The maximum atomic E-state index is 11.3. The van der Waals surface area contributed by atoms with Gasteiger partial charge in [-0.3, -0.25) is 9.59 Å². The number of hydrogen-bond donors (Lipinski definition) is 3. The molecule has 0 spiro atoms. The lowest BCUT2D eigenvalue weighted by molar-refractivity contribution is -0.143. The second-order valence-corrected chi connectivity index (χ2v) is 6.11. The van der Waals surface area contributed by atoms with Crippen LogP contribution in [0.4, 0.5) is 0 Å². The summed E-state index contributed by atoms with van der Waals surface area (Å²) < 4.78 is 4.70. The molecule has 1 atom stereocenters. The van der Waals surface area contributed by atoms with E-state index in [-0.39, 0.29) is 12.0 Å². The summed E-state index contributed by atoms with van der Waals surface area (Å²) in [5.74, 6) is -0.623. The maximum Gasteiger partial charge on any atom is 0.323 e. The molecule has 6 heteroatoms. The average molecular weight is 367 g/mol. The van der Waals surface area contributed by atoms with E-state index in [2.05, 4.69) is 17.4 Å². The van der Waals surface area contributed by atoms with Gasteiger partial charge in [0.15, 0.2) is 0 Å². The Hall–Kier alpha value is -2.96. The molecule has 0 radical (unpaired) electrons. The average Bonchev–Trinajstić information content (AvgIpc) is 2.72. The Bertz CT molecular complexity index is 801. The van der Waals surface area contributed by atoms with Gasteiger partial charge in [-0.2, -0.15) is 0 Å². The maximum absolute atomic E-state index is 11.3. The summed E-state index contributed by atoms with van der Waals surface area (Å²) in [6, 6.07) is 15.6. The first kappa shape index (κ1) is 20.4. The minimum Gasteiger partial charge on any atom is -0.468 e. The van der Waals surface area contributed by atoms with E-state index in [0.717, 1.165) is 24.1 Å². The van der Waals surface area contributed by atoms with Crippen LogP contribution < -0.4 is 16.8 Å². The van der Waals surface area contributed by atoms with Crippen molar-refractivity contribution in [3.63, 3.8) is 0 Å². The Balaban J connectivity index is 0.000000194. The molecule has 27 heavy (non-hydrogen) atoms. The van der Waals surface area contributed by atoms with Crippen molar-refractivity contribution in [2.24, 2.45) is 11.5 Å². The molecule has 0 saturated heterocycles. The number of benzene rings is 2. The first-order valence-corrected chi connectivity index (χ1v) is 8.68. The molecule has 142 valence electrons. The normalized spacial score (nSPS) is 15.4. The second-order valence-electron chi connectivity index (χ2n) is 6.11. The van der Waals surface area contributed by atoms with Gasteiger partial charge in [-0.15, -0.1) is 0 Å². The molecule has 3 rings (SSSR count). The van der Waals surface area contributed by atoms with Crippen molar-refractivity contribution in [2.75, 3.05) is 7.11 Å². The fourth-order valence-electron chi connectivity index (χ4n) is 2.71. The summed E-state index contributed by atoms with van der Waals surface area (Å²) in [6.45, 7) is 1.27. The Morgan fingerprint density at radius 1 is 1.15 bits per heavy atom. The van der Waals surface area contributed by atoms with Gasteiger partial charge in [-0.1, -0.05) is 48.5 Å². The Kier molecular flexibility index (Phi) is 7.73. The number of carbonyl (C=O) groups excluding carboxylic acids is 2. The predicted molar refractivity (Wildman–Crippen MR) is 105 cm³/mol. The standard InChI is InChI=1S/C11H13NO2.C10H12N2O/c1-14-11(13)10-6-8-4-2-3-5-9(8)7-12-10;11-7-9-3-1-8(2-4-9)5-6-10(12)13/h2-5,10,12H,6-7H2,1H3;1-6H,7,11H2,(H2,12,13). The lowest BCUT2D eigenvalue weighted by Crippen LogP contribution is -2.42. The van der Waals surface area contributed by atoms with E-state index in [9.17, 15) is 9.59 Å². The van der Waals surface area contributed by atoms with Gasteiger partial charge in [-0.05, 0) is 34.8 Å². The highest BCUT2D eigenvalue weighted by atomic mass is 16.5. The van der Waals surface area contributed by atoms with E-state index in [1.165, 1.54) is 24.3 Å². The van der Waals surface area contributed by atoms with E-state index in [4.69, 9.17) is 16.2 Å². The largest absolute Gasteiger partial charge is 0.468 e. The minimum absolute atomic E-state index is 0.181. The zero-order chi connectivity index (χ0) is 19.6. The predicted octanol–water partition coefficient (Wildman–Crippen LogP) is 1.52. The van der Waals surface area contributed by atoms with Gasteiger partial charge in [0.05, 0.1) is 7.11 Å². The monoisotopic (exact) mass is 367 g/mol. The van der Waals surface area contributed by atoms with Crippen LogP contribution in [0.15, 0.2) is 54.6 Å².